The number of aliphatic imine (C=N–C) groups is 1. The van der Waals surface area contributed by atoms with Crippen molar-refractivity contribution in [2.45, 2.75) is 25.7 Å². The fourth-order valence-corrected chi connectivity index (χ4v) is 4.23. The van der Waals surface area contributed by atoms with Crippen molar-refractivity contribution in [3.8, 4) is 0 Å². The summed E-state index contributed by atoms with van der Waals surface area (Å²) >= 11 is 1.71. The number of anilines is 2. The monoisotopic (exact) mass is 355 g/mol. The number of nitrogens with two attached hydrogens (primary N) is 1. The van der Waals surface area contributed by atoms with Crippen molar-refractivity contribution in [1.82, 2.24) is 4.98 Å². The Labute approximate surface area is 152 Å². The van der Waals surface area contributed by atoms with Gasteiger partial charge < -0.3 is 16.0 Å². The average Bonchev–Trinajstić information content (AvgIpc) is 3.11. The molecule has 1 aliphatic heterocycles. The number of hydrogen-bond donors (Lipinski definition) is 2. The van der Waals surface area contributed by atoms with Crippen molar-refractivity contribution in [2.24, 2.45) is 16.6 Å². The largest absolute Gasteiger partial charge is 0.398 e. The quantitative estimate of drug-likeness (QED) is 0.775. The molecule has 2 aromatic rings. The number of pyridine rings is 1. The minimum atomic E-state index is 0.740. The molecule has 2 aromatic heterocycles. The first-order chi connectivity index (χ1) is 12.2. The van der Waals surface area contributed by atoms with Gasteiger partial charge in [0.05, 0.1) is 26.5 Å². The van der Waals surface area contributed by atoms with Crippen LogP contribution in [0.5, 0.6) is 0 Å². The molecule has 0 radical (unpaired) electrons. The van der Waals surface area contributed by atoms with Crippen LogP contribution >= 0.6 is 11.3 Å². The number of aromatic nitrogens is 1. The molecule has 0 bridgehead atoms. The number of hydrogen-bond acceptors (Lipinski definition) is 6. The average molecular weight is 356 g/mol. The molecule has 4 rings (SSSR count). The van der Waals surface area contributed by atoms with Crippen LogP contribution in [0.15, 0.2) is 23.2 Å². The second kappa shape index (κ2) is 7.04. The lowest BCUT2D eigenvalue weighted by Crippen LogP contribution is -2.19. The van der Waals surface area contributed by atoms with Crippen LogP contribution in [0.2, 0.25) is 0 Å². The van der Waals surface area contributed by atoms with Gasteiger partial charge in [0.1, 0.15) is 5.82 Å². The van der Waals surface area contributed by atoms with Crippen LogP contribution in [0.3, 0.4) is 0 Å². The molecule has 2 aliphatic rings. The van der Waals surface area contributed by atoms with Crippen LogP contribution in [0.4, 0.5) is 11.5 Å². The Morgan fingerprint density at radius 2 is 2.20 bits per heavy atom. The van der Waals surface area contributed by atoms with Crippen LogP contribution in [0.25, 0.3) is 15.9 Å². The Kier molecular flexibility index (Phi) is 4.61. The predicted octanol–water partition coefficient (Wildman–Crippen LogP) is 3.72. The van der Waals surface area contributed by atoms with E-state index >= 15 is 0 Å². The SMILES string of the molecule is CN=C/C=C(\N)c1cc2nc(N3CCCC3)cc(NCC3CC3)c2s1. The summed E-state index contributed by atoms with van der Waals surface area (Å²) in [5.41, 5.74) is 9.18. The third-order valence-electron chi connectivity index (χ3n) is 4.86. The zero-order chi connectivity index (χ0) is 17.2. The maximum Gasteiger partial charge on any atom is 0.131 e. The number of allylic oxidation sites excluding steroid dienone is 1. The minimum Gasteiger partial charge on any atom is -0.398 e. The maximum absolute atomic E-state index is 6.21. The molecule has 6 heteroatoms. The fraction of sp³-hybridized carbons (Fsp3) is 0.474. The third kappa shape index (κ3) is 3.63. The molecule has 25 heavy (non-hydrogen) atoms. The summed E-state index contributed by atoms with van der Waals surface area (Å²) in [6.45, 7) is 3.26. The van der Waals surface area contributed by atoms with Crippen molar-refractivity contribution >= 4 is 45.0 Å². The Hall–Kier alpha value is -2.08. The highest BCUT2D eigenvalue weighted by Gasteiger charge is 2.22. The van der Waals surface area contributed by atoms with E-state index in [2.05, 4.69) is 27.3 Å². The van der Waals surface area contributed by atoms with Gasteiger partial charge in [-0.1, -0.05) is 0 Å². The van der Waals surface area contributed by atoms with E-state index in [-0.39, 0.29) is 0 Å². The summed E-state index contributed by atoms with van der Waals surface area (Å²) in [6.07, 6.45) is 8.79. The molecule has 2 fully saturated rings. The van der Waals surface area contributed by atoms with Gasteiger partial charge in [0.15, 0.2) is 0 Å². The molecule has 5 nitrogen and oxygen atoms in total. The van der Waals surface area contributed by atoms with Crippen LogP contribution < -0.4 is 16.0 Å². The third-order valence-corrected chi connectivity index (χ3v) is 6.07. The van der Waals surface area contributed by atoms with Gasteiger partial charge in [0.25, 0.3) is 0 Å². The van der Waals surface area contributed by atoms with Crippen molar-refractivity contribution in [1.29, 1.82) is 0 Å². The first-order valence-corrected chi connectivity index (χ1v) is 9.88. The number of nitrogens with one attached hydrogen (secondary N) is 1. The predicted molar refractivity (Wildman–Crippen MR) is 109 cm³/mol. The van der Waals surface area contributed by atoms with Crippen molar-refractivity contribution < 1.29 is 0 Å². The lowest BCUT2D eigenvalue weighted by Gasteiger charge is -2.18. The van der Waals surface area contributed by atoms with E-state index in [1.807, 2.05) is 6.08 Å². The van der Waals surface area contributed by atoms with Crippen molar-refractivity contribution in [2.75, 3.05) is 36.9 Å². The first kappa shape index (κ1) is 16.4. The van der Waals surface area contributed by atoms with E-state index in [9.17, 15) is 0 Å². The Morgan fingerprint density at radius 1 is 1.40 bits per heavy atom. The van der Waals surface area contributed by atoms with Crippen molar-refractivity contribution in [3.63, 3.8) is 0 Å². The van der Waals surface area contributed by atoms with E-state index in [0.29, 0.717) is 0 Å². The number of nitrogens with zero attached hydrogens (tertiary/aromatic N) is 3. The highest BCUT2D eigenvalue weighted by molar-refractivity contribution is 7.20. The fourth-order valence-electron chi connectivity index (χ4n) is 3.20. The standard InChI is InChI=1S/C19H25N5S/c1-21-7-6-14(20)17-10-16-19(25-17)15(22-12-13-4-5-13)11-18(23-16)24-8-2-3-9-24/h6-7,10-11,13H,2-5,8-9,12,20H2,1H3,(H,22,23)/b14-6-,21-7?. The Bertz CT molecular complexity index is 813. The van der Waals surface area contributed by atoms with Gasteiger partial charge in [0, 0.05) is 39.0 Å². The molecule has 1 saturated heterocycles. The molecule has 3 heterocycles. The molecule has 1 saturated carbocycles. The van der Waals surface area contributed by atoms with Gasteiger partial charge in [-0.25, -0.2) is 4.98 Å². The molecule has 3 N–H and O–H groups in total. The van der Waals surface area contributed by atoms with E-state index in [1.54, 1.807) is 24.6 Å². The smallest absolute Gasteiger partial charge is 0.131 e. The summed E-state index contributed by atoms with van der Waals surface area (Å²) in [7, 11) is 1.75. The van der Waals surface area contributed by atoms with Gasteiger partial charge in [-0.2, -0.15) is 0 Å². The van der Waals surface area contributed by atoms with Crippen LogP contribution in [0, 0.1) is 5.92 Å². The maximum atomic E-state index is 6.21. The van der Waals surface area contributed by atoms with E-state index < -0.39 is 0 Å². The zero-order valence-electron chi connectivity index (χ0n) is 14.7. The lowest BCUT2D eigenvalue weighted by molar-refractivity contribution is 0.889. The van der Waals surface area contributed by atoms with Crippen LogP contribution in [0.1, 0.15) is 30.6 Å². The summed E-state index contributed by atoms with van der Waals surface area (Å²) in [6, 6.07) is 4.33. The minimum absolute atomic E-state index is 0.740. The molecule has 0 spiro atoms. The molecule has 0 unspecified atom stereocenters. The van der Waals surface area contributed by atoms with Crippen LogP contribution in [-0.4, -0.2) is 37.9 Å². The Balaban J connectivity index is 1.72. The molecule has 1 aliphatic carbocycles. The highest BCUT2D eigenvalue weighted by Crippen LogP contribution is 2.37. The second-order valence-corrected chi connectivity index (χ2v) is 7.95. The lowest BCUT2D eigenvalue weighted by atomic mass is 10.2. The number of fused-ring (bicyclic) bond motifs is 1. The molecule has 0 aromatic carbocycles. The Morgan fingerprint density at radius 3 is 2.92 bits per heavy atom. The van der Waals surface area contributed by atoms with Gasteiger partial charge in [-0.15, -0.1) is 11.3 Å². The molecule has 0 atom stereocenters. The molecule has 132 valence electrons. The first-order valence-electron chi connectivity index (χ1n) is 9.06. The van der Waals surface area contributed by atoms with E-state index in [4.69, 9.17) is 10.7 Å². The highest BCUT2D eigenvalue weighted by atomic mass is 32.1. The summed E-state index contributed by atoms with van der Waals surface area (Å²) in [5.74, 6) is 1.92. The number of thiophene rings is 1. The normalized spacial score (nSPS) is 18.6. The van der Waals surface area contributed by atoms with E-state index in [1.165, 1.54) is 36.1 Å². The second-order valence-electron chi connectivity index (χ2n) is 6.90. The summed E-state index contributed by atoms with van der Waals surface area (Å²) in [4.78, 5) is 12.3. The van der Waals surface area contributed by atoms with Gasteiger partial charge in [0.2, 0.25) is 0 Å². The summed E-state index contributed by atoms with van der Waals surface area (Å²) in [5, 5.41) is 3.67. The molecular formula is C19H25N5S. The summed E-state index contributed by atoms with van der Waals surface area (Å²) < 4.78 is 1.20. The van der Waals surface area contributed by atoms with E-state index in [0.717, 1.165) is 47.5 Å². The van der Waals surface area contributed by atoms with Gasteiger partial charge >= 0.3 is 0 Å². The molecule has 0 amide bonds. The van der Waals surface area contributed by atoms with Crippen LogP contribution in [-0.2, 0) is 0 Å². The zero-order valence-corrected chi connectivity index (χ0v) is 15.5. The van der Waals surface area contributed by atoms with Gasteiger partial charge in [-0.05, 0) is 43.7 Å². The topological polar surface area (TPSA) is 66.5 Å². The number of rotatable bonds is 6. The van der Waals surface area contributed by atoms with Gasteiger partial charge in [-0.3, -0.25) is 4.99 Å². The molecular weight excluding hydrogens is 330 g/mol. The van der Waals surface area contributed by atoms with Crippen molar-refractivity contribution in [3.05, 3.63) is 23.1 Å².